The number of hydrogen-bond donors (Lipinski definition) is 2. The number of carbonyl (C=O) groups excluding carboxylic acids is 1. The number of halogens is 2. The van der Waals surface area contributed by atoms with Crippen LogP contribution in [0.15, 0.2) is 16.6 Å². The molecule has 1 aromatic carbocycles. The number of urea groups is 1. The van der Waals surface area contributed by atoms with Crippen LogP contribution in [-0.2, 0) is 4.79 Å². The Kier molecular flexibility index (Phi) is 5.53. The minimum atomic E-state index is -1.19. The minimum Gasteiger partial charge on any atom is -0.480 e. The maximum atomic E-state index is 13.4. The third-order valence-electron chi connectivity index (χ3n) is 2.40. The number of terminal acetylenes is 1. The number of carbonyl (C=O) groups is 2. The second-order valence-electron chi connectivity index (χ2n) is 3.97. The van der Waals surface area contributed by atoms with Crippen LogP contribution in [0.1, 0.15) is 5.56 Å². The Bertz CT molecular complexity index is 584. The van der Waals surface area contributed by atoms with Crippen LogP contribution in [0.5, 0.6) is 0 Å². The summed E-state index contributed by atoms with van der Waals surface area (Å²) in [6.07, 6.45) is 5.08. The van der Waals surface area contributed by atoms with E-state index < -0.39 is 24.4 Å². The van der Waals surface area contributed by atoms with Gasteiger partial charge in [0.05, 0.1) is 11.0 Å². The number of carboxylic acid groups (broad SMARTS) is 1. The number of aryl methyl sites for hydroxylation is 1. The Morgan fingerprint density at radius 3 is 2.75 bits per heavy atom. The molecule has 0 heterocycles. The molecule has 0 bridgehead atoms. The second kappa shape index (κ2) is 6.91. The van der Waals surface area contributed by atoms with Gasteiger partial charge in [0.2, 0.25) is 0 Å². The predicted octanol–water partition coefficient (Wildman–Crippen LogP) is 2.45. The highest BCUT2D eigenvalue weighted by Gasteiger charge is 2.17. The van der Waals surface area contributed by atoms with E-state index in [-0.39, 0.29) is 16.7 Å². The summed E-state index contributed by atoms with van der Waals surface area (Å²) in [5.41, 5.74) is 0.880. The predicted molar refractivity (Wildman–Crippen MR) is 75.9 cm³/mol. The topological polar surface area (TPSA) is 69.6 Å². The molecule has 0 fully saturated rings. The van der Waals surface area contributed by atoms with Crippen molar-refractivity contribution >= 4 is 33.6 Å². The number of nitrogens with one attached hydrogen (secondary N) is 1. The first-order chi connectivity index (χ1) is 9.35. The zero-order chi connectivity index (χ0) is 15.3. The van der Waals surface area contributed by atoms with Crippen LogP contribution in [0, 0.1) is 25.1 Å². The average molecular weight is 343 g/mol. The molecule has 1 rings (SSSR count). The van der Waals surface area contributed by atoms with Gasteiger partial charge in [-0.1, -0.05) is 5.92 Å². The fourth-order valence-electron chi connectivity index (χ4n) is 1.45. The normalized spacial score (nSPS) is 9.70. The third-order valence-corrected chi connectivity index (χ3v) is 3.01. The number of aliphatic carboxylic acids is 1. The van der Waals surface area contributed by atoms with E-state index >= 15 is 0 Å². The lowest BCUT2D eigenvalue weighted by molar-refractivity contribution is -0.137. The number of amides is 2. The van der Waals surface area contributed by atoms with Crippen LogP contribution in [-0.4, -0.2) is 35.1 Å². The van der Waals surface area contributed by atoms with Crippen molar-refractivity contribution in [2.45, 2.75) is 6.92 Å². The maximum Gasteiger partial charge on any atom is 0.323 e. The van der Waals surface area contributed by atoms with Crippen LogP contribution in [0.3, 0.4) is 0 Å². The van der Waals surface area contributed by atoms with E-state index in [2.05, 4.69) is 27.2 Å². The molecule has 0 atom stereocenters. The van der Waals surface area contributed by atoms with Gasteiger partial charge >= 0.3 is 12.0 Å². The second-order valence-corrected chi connectivity index (χ2v) is 4.82. The summed E-state index contributed by atoms with van der Waals surface area (Å²) in [4.78, 5) is 23.5. The first-order valence-electron chi connectivity index (χ1n) is 5.52. The van der Waals surface area contributed by atoms with Crippen molar-refractivity contribution in [1.29, 1.82) is 0 Å². The molecule has 0 unspecified atom stereocenters. The largest absolute Gasteiger partial charge is 0.480 e. The maximum absolute atomic E-state index is 13.4. The fourth-order valence-corrected chi connectivity index (χ4v) is 1.91. The molecule has 0 aliphatic carbocycles. The number of rotatable bonds is 4. The smallest absolute Gasteiger partial charge is 0.323 e. The van der Waals surface area contributed by atoms with Gasteiger partial charge in [-0.05, 0) is 40.5 Å². The number of nitrogens with zero attached hydrogens (tertiary/aromatic N) is 1. The molecular weight excluding hydrogens is 331 g/mol. The summed E-state index contributed by atoms with van der Waals surface area (Å²) in [6, 6.07) is 1.95. The Hall–Kier alpha value is -2.07. The summed E-state index contributed by atoms with van der Waals surface area (Å²) < 4.78 is 13.7. The van der Waals surface area contributed by atoms with Gasteiger partial charge in [0.1, 0.15) is 12.4 Å². The molecule has 5 nitrogen and oxygen atoms in total. The molecule has 0 radical (unpaired) electrons. The summed E-state index contributed by atoms with van der Waals surface area (Å²) in [5.74, 6) is 0.475. The molecule has 0 saturated carbocycles. The molecule has 1 aromatic rings. The van der Waals surface area contributed by atoms with Crippen LogP contribution < -0.4 is 5.32 Å². The van der Waals surface area contributed by atoms with E-state index in [1.165, 1.54) is 6.07 Å². The average Bonchev–Trinajstić information content (AvgIpc) is 2.34. The molecule has 0 aromatic heterocycles. The molecule has 0 saturated heterocycles. The fraction of sp³-hybridized carbons (Fsp3) is 0.231. The van der Waals surface area contributed by atoms with E-state index in [0.717, 1.165) is 11.0 Å². The van der Waals surface area contributed by atoms with E-state index in [1.54, 1.807) is 6.92 Å². The Balaban J connectivity index is 2.91. The molecule has 0 aliphatic rings. The van der Waals surface area contributed by atoms with Gasteiger partial charge in [-0.2, -0.15) is 0 Å². The number of carboxylic acids is 1. The van der Waals surface area contributed by atoms with Crippen molar-refractivity contribution in [3.63, 3.8) is 0 Å². The Labute approximate surface area is 123 Å². The van der Waals surface area contributed by atoms with Gasteiger partial charge in [0, 0.05) is 5.69 Å². The van der Waals surface area contributed by atoms with E-state index in [9.17, 15) is 14.0 Å². The lowest BCUT2D eigenvalue weighted by Crippen LogP contribution is -2.39. The molecule has 2 amide bonds. The highest BCUT2D eigenvalue weighted by Crippen LogP contribution is 2.24. The van der Waals surface area contributed by atoms with Gasteiger partial charge in [-0.25, -0.2) is 9.18 Å². The lowest BCUT2D eigenvalue weighted by Gasteiger charge is -2.19. The molecule has 2 N–H and O–H groups in total. The zero-order valence-electron chi connectivity index (χ0n) is 10.6. The Morgan fingerprint density at radius 1 is 1.55 bits per heavy atom. The zero-order valence-corrected chi connectivity index (χ0v) is 12.2. The van der Waals surface area contributed by atoms with E-state index in [4.69, 9.17) is 11.5 Å². The quantitative estimate of drug-likeness (QED) is 0.825. The van der Waals surface area contributed by atoms with Crippen molar-refractivity contribution in [2.24, 2.45) is 0 Å². The van der Waals surface area contributed by atoms with Crippen molar-refractivity contribution in [3.8, 4) is 12.3 Å². The van der Waals surface area contributed by atoms with Gasteiger partial charge in [0.25, 0.3) is 0 Å². The molecule has 20 heavy (non-hydrogen) atoms. The van der Waals surface area contributed by atoms with Gasteiger partial charge in [0.15, 0.2) is 0 Å². The van der Waals surface area contributed by atoms with Gasteiger partial charge < -0.3 is 15.3 Å². The minimum absolute atomic E-state index is 0.157. The van der Waals surface area contributed by atoms with Crippen LogP contribution in [0.2, 0.25) is 0 Å². The monoisotopic (exact) mass is 342 g/mol. The SMILES string of the molecule is C#CCN(CC(=O)O)C(=O)Nc1cc(F)c(Br)cc1C. The number of anilines is 1. The lowest BCUT2D eigenvalue weighted by atomic mass is 10.2. The van der Waals surface area contributed by atoms with Gasteiger partial charge in [-0.3, -0.25) is 4.79 Å². The first-order valence-corrected chi connectivity index (χ1v) is 6.31. The molecule has 0 aliphatic heterocycles. The van der Waals surface area contributed by atoms with Crippen molar-refractivity contribution in [1.82, 2.24) is 4.90 Å². The highest BCUT2D eigenvalue weighted by molar-refractivity contribution is 9.10. The van der Waals surface area contributed by atoms with E-state index in [1.807, 2.05) is 0 Å². The highest BCUT2D eigenvalue weighted by atomic mass is 79.9. The molecular formula is C13H12BrFN2O3. The third kappa shape index (κ3) is 4.24. The first kappa shape index (κ1) is 16.0. The Morgan fingerprint density at radius 2 is 2.20 bits per heavy atom. The van der Waals surface area contributed by atoms with Crippen LogP contribution >= 0.6 is 15.9 Å². The molecule has 0 spiro atoms. The number of benzene rings is 1. The van der Waals surface area contributed by atoms with Crippen molar-refractivity contribution < 1.29 is 19.1 Å². The number of hydrogen-bond acceptors (Lipinski definition) is 2. The summed E-state index contributed by atoms with van der Waals surface area (Å²) in [5, 5.41) is 11.1. The van der Waals surface area contributed by atoms with E-state index in [0.29, 0.717) is 5.56 Å². The standard InChI is InChI=1S/C13H12BrFN2O3/c1-3-4-17(7-12(18)19)13(20)16-11-6-10(15)9(14)5-8(11)2/h1,5-6H,4,7H2,2H3,(H,16,20)(H,18,19). The summed E-state index contributed by atoms with van der Waals surface area (Å²) in [7, 11) is 0. The van der Waals surface area contributed by atoms with Gasteiger partial charge in [-0.15, -0.1) is 6.42 Å². The van der Waals surface area contributed by atoms with Crippen LogP contribution in [0.25, 0.3) is 0 Å². The molecule has 7 heteroatoms. The molecule has 106 valence electrons. The summed E-state index contributed by atoms with van der Waals surface area (Å²) in [6.45, 7) is 0.993. The van der Waals surface area contributed by atoms with Crippen LogP contribution in [0.4, 0.5) is 14.9 Å². The van der Waals surface area contributed by atoms with Crippen molar-refractivity contribution in [3.05, 3.63) is 28.0 Å². The summed E-state index contributed by atoms with van der Waals surface area (Å²) >= 11 is 3.03. The van der Waals surface area contributed by atoms with Crippen molar-refractivity contribution in [2.75, 3.05) is 18.4 Å².